The zero-order valence-electron chi connectivity index (χ0n) is 32.3. The van der Waals surface area contributed by atoms with Crippen LogP contribution in [0.5, 0.6) is 0 Å². The Morgan fingerprint density at radius 2 is 0.695 bits per heavy atom. The van der Waals surface area contributed by atoms with E-state index < -0.39 is 5.41 Å². The molecular formula is C59H36. The molecule has 0 heterocycles. The van der Waals surface area contributed by atoms with Crippen molar-refractivity contribution in [3.05, 3.63) is 241 Å². The molecule has 2 aliphatic carbocycles. The summed E-state index contributed by atoms with van der Waals surface area (Å²) in [6.07, 6.45) is 0. The average molecular weight is 745 g/mol. The van der Waals surface area contributed by atoms with Gasteiger partial charge < -0.3 is 0 Å². The van der Waals surface area contributed by atoms with E-state index in [4.69, 9.17) is 0 Å². The zero-order chi connectivity index (χ0) is 38.7. The Morgan fingerprint density at radius 3 is 1.32 bits per heavy atom. The summed E-state index contributed by atoms with van der Waals surface area (Å²) in [5.74, 6) is 0. The van der Waals surface area contributed by atoms with Gasteiger partial charge >= 0.3 is 0 Å². The Bertz CT molecular complexity index is 3450. The van der Waals surface area contributed by atoms with Gasteiger partial charge in [-0.1, -0.05) is 206 Å². The van der Waals surface area contributed by atoms with Crippen molar-refractivity contribution in [3.63, 3.8) is 0 Å². The maximum atomic E-state index is 2.46. The molecule has 272 valence electrons. The number of fused-ring (bicyclic) bond motifs is 16. The second kappa shape index (κ2) is 12.2. The van der Waals surface area contributed by atoms with E-state index in [9.17, 15) is 0 Å². The van der Waals surface area contributed by atoms with Gasteiger partial charge in [0.1, 0.15) is 0 Å². The van der Waals surface area contributed by atoms with Gasteiger partial charge in [-0.05, 0) is 133 Å². The van der Waals surface area contributed by atoms with Crippen LogP contribution < -0.4 is 0 Å². The molecule has 0 aliphatic heterocycles. The highest BCUT2D eigenvalue weighted by atomic mass is 14.5. The number of hydrogen-bond donors (Lipinski definition) is 0. The lowest BCUT2D eigenvalue weighted by Gasteiger charge is -2.32. The van der Waals surface area contributed by atoms with Crippen molar-refractivity contribution in [1.29, 1.82) is 0 Å². The van der Waals surface area contributed by atoms with Crippen LogP contribution in [-0.2, 0) is 5.41 Å². The summed E-state index contributed by atoms with van der Waals surface area (Å²) in [5, 5.41) is 10.2. The minimum atomic E-state index is -0.449. The van der Waals surface area contributed by atoms with Crippen LogP contribution in [0.15, 0.2) is 218 Å². The largest absolute Gasteiger partial charge is 0.0737 e. The van der Waals surface area contributed by atoms with Gasteiger partial charge in [-0.25, -0.2) is 0 Å². The van der Waals surface area contributed by atoms with Crippen molar-refractivity contribution in [2.75, 3.05) is 0 Å². The molecule has 0 radical (unpaired) electrons. The van der Waals surface area contributed by atoms with Crippen molar-refractivity contribution in [1.82, 2.24) is 0 Å². The third-order valence-corrected chi connectivity index (χ3v) is 13.4. The molecule has 0 saturated carbocycles. The molecule has 0 aromatic heterocycles. The van der Waals surface area contributed by atoms with E-state index in [2.05, 4.69) is 218 Å². The van der Waals surface area contributed by atoms with E-state index in [1.165, 1.54) is 121 Å². The molecule has 59 heavy (non-hydrogen) atoms. The Hall–Kier alpha value is -7.54. The van der Waals surface area contributed by atoms with Gasteiger partial charge in [-0.2, -0.15) is 0 Å². The summed E-state index contributed by atoms with van der Waals surface area (Å²) < 4.78 is 0. The molecule has 11 aromatic rings. The van der Waals surface area contributed by atoms with Gasteiger partial charge in [0.25, 0.3) is 0 Å². The first-order valence-corrected chi connectivity index (χ1v) is 20.7. The maximum absolute atomic E-state index is 2.46. The van der Waals surface area contributed by atoms with Crippen molar-refractivity contribution in [3.8, 4) is 55.6 Å². The Kier molecular flexibility index (Phi) is 6.74. The minimum Gasteiger partial charge on any atom is -0.0622 e. The topological polar surface area (TPSA) is 0 Å². The molecule has 0 saturated heterocycles. The van der Waals surface area contributed by atoms with E-state index >= 15 is 0 Å². The molecule has 2 aliphatic rings. The molecule has 0 amide bonds. The van der Waals surface area contributed by atoms with E-state index in [1.807, 2.05) is 0 Å². The van der Waals surface area contributed by atoms with Crippen molar-refractivity contribution in [2.24, 2.45) is 0 Å². The van der Waals surface area contributed by atoms with Crippen LogP contribution in [0, 0.1) is 0 Å². The fourth-order valence-corrected chi connectivity index (χ4v) is 11.1. The molecule has 11 aromatic carbocycles. The molecule has 0 fully saturated rings. The molecule has 0 N–H and O–H groups in total. The lowest BCUT2D eigenvalue weighted by atomic mass is 9.68. The Morgan fingerprint density at radius 1 is 0.237 bits per heavy atom. The second-order valence-electron chi connectivity index (χ2n) is 16.3. The first-order valence-electron chi connectivity index (χ1n) is 20.7. The van der Waals surface area contributed by atoms with Gasteiger partial charge in [0.15, 0.2) is 0 Å². The highest BCUT2D eigenvalue weighted by molar-refractivity contribution is 6.22. The van der Waals surface area contributed by atoms with E-state index in [1.54, 1.807) is 0 Å². The van der Waals surface area contributed by atoms with Crippen LogP contribution in [0.25, 0.3) is 98.7 Å². The highest BCUT2D eigenvalue weighted by Gasteiger charge is 2.53. The smallest absolute Gasteiger partial charge is 0.0622 e. The first kappa shape index (κ1) is 32.5. The molecule has 1 spiro atoms. The third kappa shape index (κ3) is 4.38. The van der Waals surface area contributed by atoms with Crippen molar-refractivity contribution >= 4 is 43.1 Å². The quantitative estimate of drug-likeness (QED) is 0.158. The number of hydrogen-bond acceptors (Lipinski definition) is 0. The van der Waals surface area contributed by atoms with E-state index in [-0.39, 0.29) is 0 Å². The van der Waals surface area contributed by atoms with Crippen molar-refractivity contribution in [2.45, 2.75) is 5.41 Å². The molecule has 0 heteroatoms. The lowest BCUT2D eigenvalue weighted by Crippen LogP contribution is -2.26. The fourth-order valence-electron chi connectivity index (χ4n) is 11.1. The Balaban J connectivity index is 1.08. The van der Waals surface area contributed by atoms with E-state index in [0.717, 1.165) is 0 Å². The summed E-state index contributed by atoms with van der Waals surface area (Å²) in [6, 6.07) is 81.8. The van der Waals surface area contributed by atoms with Gasteiger partial charge in [0.2, 0.25) is 0 Å². The van der Waals surface area contributed by atoms with Crippen LogP contribution >= 0.6 is 0 Å². The van der Waals surface area contributed by atoms with Crippen LogP contribution in [0.4, 0.5) is 0 Å². The molecular weight excluding hydrogens is 709 g/mol. The SMILES string of the molecule is c1ccc(-c2cccc(-c3c4ccccc4c(-c4ccc5c6c(ccc5c4)-c4ccc5ccccc5c4C64c5ccccc5-c5ccccc54)c4ccccc34)c2)cc1. The molecule has 0 bridgehead atoms. The molecule has 0 atom stereocenters. The maximum Gasteiger partial charge on any atom is 0.0737 e. The fraction of sp³-hybridized carbons (Fsp3) is 0.0169. The van der Waals surface area contributed by atoms with Crippen LogP contribution in [0.3, 0.4) is 0 Å². The zero-order valence-corrected chi connectivity index (χ0v) is 32.3. The van der Waals surface area contributed by atoms with E-state index in [0.29, 0.717) is 0 Å². The standard InChI is InChI=1S/C59H36/c1-2-15-37(16-3-1)39-18-14-19-41(35-39)55-47-23-6-8-25-49(47)56(50-26-9-7-24-48(50)55)42-31-32-44-40(36-42)30-34-52-51-33-29-38-17-4-5-20-43(38)57(51)59(58(44)52)53-27-12-10-21-45(53)46-22-11-13-28-54(46)59/h1-36H. The highest BCUT2D eigenvalue weighted by Crippen LogP contribution is 2.65. The third-order valence-electron chi connectivity index (χ3n) is 13.4. The van der Waals surface area contributed by atoms with Gasteiger partial charge in [-0.15, -0.1) is 0 Å². The monoisotopic (exact) mass is 744 g/mol. The summed E-state index contributed by atoms with van der Waals surface area (Å²) >= 11 is 0. The van der Waals surface area contributed by atoms with Crippen molar-refractivity contribution < 1.29 is 0 Å². The molecule has 0 nitrogen and oxygen atoms in total. The minimum absolute atomic E-state index is 0.449. The van der Waals surface area contributed by atoms with Crippen LogP contribution in [0.1, 0.15) is 22.3 Å². The first-order chi connectivity index (χ1) is 29.3. The summed E-state index contributed by atoms with van der Waals surface area (Å²) in [7, 11) is 0. The molecule has 13 rings (SSSR count). The average Bonchev–Trinajstić information content (AvgIpc) is 3.78. The van der Waals surface area contributed by atoms with Gasteiger partial charge in [0, 0.05) is 0 Å². The number of benzene rings is 11. The summed E-state index contributed by atoms with van der Waals surface area (Å²) in [5.41, 5.74) is 17.9. The summed E-state index contributed by atoms with van der Waals surface area (Å²) in [6.45, 7) is 0. The van der Waals surface area contributed by atoms with Gasteiger partial charge in [-0.3, -0.25) is 0 Å². The van der Waals surface area contributed by atoms with Crippen LogP contribution in [0.2, 0.25) is 0 Å². The lowest BCUT2D eigenvalue weighted by molar-refractivity contribution is 0.809. The van der Waals surface area contributed by atoms with Crippen LogP contribution in [-0.4, -0.2) is 0 Å². The molecule has 0 unspecified atom stereocenters. The predicted octanol–water partition coefficient (Wildman–Crippen LogP) is 15.6. The normalized spacial score (nSPS) is 13.2. The number of rotatable bonds is 3. The van der Waals surface area contributed by atoms with Gasteiger partial charge in [0.05, 0.1) is 5.41 Å². The predicted molar refractivity (Wildman–Crippen MR) is 249 cm³/mol. The second-order valence-corrected chi connectivity index (χ2v) is 16.3. The summed E-state index contributed by atoms with van der Waals surface area (Å²) in [4.78, 5) is 0. The Labute approximate surface area is 343 Å².